The summed E-state index contributed by atoms with van der Waals surface area (Å²) in [6, 6.07) is 7.01. The second-order valence-corrected chi connectivity index (χ2v) is 15.6. The van der Waals surface area contributed by atoms with Crippen LogP contribution in [0.1, 0.15) is 104 Å². The number of benzene rings is 1. The summed E-state index contributed by atoms with van der Waals surface area (Å²) in [4.78, 5) is 0.270. The molecule has 210 valence electrons. The van der Waals surface area contributed by atoms with E-state index in [1.54, 1.807) is 12.1 Å². The number of allylic oxidation sites excluding steroid dienone is 3. The zero-order valence-corrected chi connectivity index (χ0v) is 25.4. The Balaban J connectivity index is 1.28. The molecule has 8 atom stereocenters. The molecule has 3 nitrogen and oxygen atoms in total. The van der Waals surface area contributed by atoms with Gasteiger partial charge in [-0.1, -0.05) is 61.8 Å². The van der Waals surface area contributed by atoms with Gasteiger partial charge in [0.1, 0.15) is 0 Å². The molecule has 0 spiro atoms. The summed E-state index contributed by atoms with van der Waals surface area (Å²) in [5, 5.41) is 0. The van der Waals surface area contributed by atoms with Gasteiger partial charge >= 0.3 is 0 Å². The van der Waals surface area contributed by atoms with Crippen molar-refractivity contribution in [3.05, 3.63) is 53.1 Å². The molecule has 4 aliphatic rings. The SMILES string of the molecule is CC(C)=CCC[C@@H](C)[C@H]1CC[C@H]2[C@@H]3CC=C4CC(OS(=O)(=O)c5ccc(C)cc5)CC[C@]4(C)[C@H]3CC[C@]12C. The molecule has 0 heterocycles. The average Bonchev–Trinajstić information content (AvgIpc) is 3.21. The van der Waals surface area contributed by atoms with Gasteiger partial charge in [0.15, 0.2) is 0 Å². The molecule has 1 aromatic rings. The van der Waals surface area contributed by atoms with E-state index in [9.17, 15) is 8.42 Å². The van der Waals surface area contributed by atoms with Crippen molar-refractivity contribution in [1.29, 1.82) is 0 Å². The Morgan fingerprint density at radius 1 is 1.05 bits per heavy atom. The van der Waals surface area contributed by atoms with Crippen LogP contribution in [0.15, 0.2) is 52.5 Å². The maximum atomic E-state index is 13.0. The Hall–Kier alpha value is -1.39. The highest BCUT2D eigenvalue weighted by atomic mass is 32.2. The lowest BCUT2D eigenvalue weighted by Crippen LogP contribution is -2.51. The van der Waals surface area contributed by atoms with Crippen LogP contribution in [-0.2, 0) is 14.3 Å². The Bertz CT molecular complexity index is 1170. The topological polar surface area (TPSA) is 43.4 Å². The number of rotatable bonds is 7. The number of fused-ring (bicyclic) bond motifs is 5. The van der Waals surface area contributed by atoms with E-state index in [4.69, 9.17) is 4.18 Å². The fourth-order valence-electron chi connectivity index (χ4n) is 9.46. The monoisotopic (exact) mass is 538 g/mol. The van der Waals surface area contributed by atoms with Crippen molar-refractivity contribution in [3.8, 4) is 0 Å². The molecule has 3 fully saturated rings. The largest absolute Gasteiger partial charge is 0.297 e. The summed E-state index contributed by atoms with van der Waals surface area (Å²) in [6.45, 7) is 14.1. The second kappa shape index (κ2) is 10.5. The smallest absolute Gasteiger partial charge is 0.263 e. The number of hydrogen-bond donors (Lipinski definition) is 0. The van der Waals surface area contributed by atoms with Crippen molar-refractivity contribution in [2.24, 2.45) is 40.4 Å². The summed E-state index contributed by atoms with van der Waals surface area (Å²) >= 11 is 0. The summed E-state index contributed by atoms with van der Waals surface area (Å²) in [6.07, 6.45) is 16.5. The van der Waals surface area contributed by atoms with Crippen LogP contribution in [0.25, 0.3) is 0 Å². The van der Waals surface area contributed by atoms with E-state index < -0.39 is 10.1 Å². The highest BCUT2D eigenvalue weighted by molar-refractivity contribution is 7.86. The molecule has 3 saturated carbocycles. The molecule has 1 aromatic carbocycles. The maximum Gasteiger partial charge on any atom is 0.297 e. The lowest BCUT2D eigenvalue weighted by Gasteiger charge is -2.58. The third-order valence-electron chi connectivity index (χ3n) is 11.6. The summed E-state index contributed by atoms with van der Waals surface area (Å²) in [5.41, 5.74) is 4.65. The van der Waals surface area contributed by atoms with Gasteiger partial charge in [-0.05, 0) is 138 Å². The first-order chi connectivity index (χ1) is 17.9. The van der Waals surface area contributed by atoms with E-state index in [-0.39, 0.29) is 16.4 Å². The van der Waals surface area contributed by atoms with Crippen LogP contribution in [-0.4, -0.2) is 14.5 Å². The zero-order valence-electron chi connectivity index (χ0n) is 24.6. The Morgan fingerprint density at radius 3 is 2.50 bits per heavy atom. The standard InChI is InChI=1S/C34H50O3S/c1-23(2)8-7-9-25(4)30-16-17-31-29-15-12-26-22-27(37-38(35,36)28-13-10-24(3)11-14-28)18-20-33(26,5)32(29)19-21-34(30,31)6/h8,10-14,25,27,29-32H,7,9,15-22H2,1-6H3/t25-,27?,29+,30-,31+,32+,33+,34-/m1/s1. The molecule has 4 aliphatic carbocycles. The van der Waals surface area contributed by atoms with E-state index in [2.05, 4.69) is 46.8 Å². The first kappa shape index (κ1) is 28.1. The van der Waals surface area contributed by atoms with Crippen LogP contribution in [0.5, 0.6) is 0 Å². The number of hydrogen-bond acceptors (Lipinski definition) is 3. The minimum atomic E-state index is -3.73. The predicted octanol–water partition coefficient (Wildman–Crippen LogP) is 9.03. The van der Waals surface area contributed by atoms with Crippen molar-refractivity contribution in [3.63, 3.8) is 0 Å². The molecule has 0 aromatic heterocycles. The maximum absolute atomic E-state index is 13.0. The summed E-state index contributed by atoms with van der Waals surface area (Å²) in [5.74, 6) is 4.00. The zero-order chi connectivity index (χ0) is 27.3. The van der Waals surface area contributed by atoms with Crippen LogP contribution in [0.2, 0.25) is 0 Å². The van der Waals surface area contributed by atoms with Crippen molar-refractivity contribution in [2.75, 3.05) is 0 Å². The highest BCUT2D eigenvalue weighted by Crippen LogP contribution is 2.67. The van der Waals surface area contributed by atoms with Crippen LogP contribution in [0.3, 0.4) is 0 Å². The molecule has 5 rings (SSSR count). The summed E-state index contributed by atoms with van der Waals surface area (Å²) < 4.78 is 31.8. The van der Waals surface area contributed by atoms with Gasteiger partial charge in [-0.25, -0.2) is 0 Å². The first-order valence-electron chi connectivity index (χ1n) is 15.3. The van der Waals surface area contributed by atoms with Gasteiger partial charge in [0.2, 0.25) is 0 Å². The van der Waals surface area contributed by atoms with E-state index in [1.165, 1.54) is 56.1 Å². The fraction of sp³-hybridized carbons (Fsp3) is 0.706. The van der Waals surface area contributed by atoms with Gasteiger partial charge in [-0.2, -0.15) is 8.42 Å². The van der Waals surface area contributed by atoms with Crippen molar-refractivity contribution >= 4 is 10.1 Å². The van der Waals surface area contributed by atoms with E-state index in [1.807, 2.05) is 19.1 Å². The molecule has 0 saturated heterocycles. The Morgan fingerprint density at radius 2 is 1.79 bits per heavy atom. The van der Waals surface area contributed by atoms with E-state index in [0.717, 1.165) is 54.4 Å². The van der Waals surface area contributed by atoms with Crippen molar-refractivity contribution in [1.82, 2.24) is 0 Å². The van der Waals surface area contributed by atoms with Crippen LogP contribution in [0.4, 0.5) is 0 Å². The molecule has 1 unspecified atom stereocenters. The second-order valence-electron chi connectivity index (χ2n) is 14.1. The van der Waals surface area contributed by atoms with Gasteiger partial charge in [-0.3, -0.25) is 4.18 Å². The average molecular weight is 539 g/mol. The van der Waals surface area contributed by atoms with Crippen LogP contribution < -0.4 is 0 Å². The molecule has 0 bridgehead atoms. The van der Waals surface area contributed by atoms with E-state index >= 15 is 0 Å². The van der Waals surface area contributed by atoms with Crippen LogP contribution in [0, 0.1) is 47.3 Å². The van der Waals surface area contributed by atoms with Gasteiger partial charge in [0, 0.05) is 0 Å². The minimum Gasteiger partial charge on any atom is -0.263 e. The van der Waals surface area contributed by atoms with E-state index in [0.29, 0.717) is 5.41 Å². The van der Waals surface area contributed by atoms with Crippen LogP contribution >= 0.6 is 0 Å². The van der Waals surface area contributed by atoms with Gasteiger partial charge in [0.05, 0.1) is 11.0 Å². The Labute approximate surface area is 232 Å². The first-order valence-corrected chi connectivity index (χ1v) is 16.7. The molecule has 0 radical (unpaired) electrons. The Kier molecular flexibility index (Phi) is 7.81. The minimum absolute atomic E-state index is 0.199. The van der Waals surface area contributed by atoms with Crippen molar-refractivity contribution < 1.29 is 12.6 Å². The molecule has 38 heavy (non-hydrogen) atoms. The third-order valence-corrected chi connectivity index (χ3v) is 12.9. The lowest BCUT2D eigenvalue weighted by atomic mass is 9.47. The molecule has 4 heteroatoms. The van der Waals surface area contributed by atoms with Crippen molar-refractivity contribution in [2.45, 2.75) is 117 Å². The van der Waals surface area contributed by atoms with Gasteiger partial charge in [0.25, 0.3) is 10.1 Å². The fourth-order valence-corrected chi connectivity index (χ4v) is 10.6. The lowest BCUT2D eigenvalue weighted by molar-refractivity contribution is -0.0554. The quantitative estimate of drug-likeness (QED) is 0.257. The molecule has 0 aliphatic heterocycles. The summed E-state index contributed by atoms with van der Waals surface area (Å²) in [7, 11) is -3.73. The molecule has 0 N–H and O–H groups in total. The highest BCUT2D eigenvalue weighted by Gasteiger charge is 2.59. The molecular formula is C34H50O3S. The van der Waals surface area contributed by atoms with Gasteiger partial charge < -0.3 is 0 Å². The van der Waals surface area contributed by atoms with Gasteiger partial charge in [-0.15, -0.1) is 0 Å². The predicted molar refractivity (Wildman–Crippen MR) is 156 cm³/mol. The molecule has 0 amide bonds. The number of aryl methyl sites for hydroxylation is 1. The third kappa shape index (κ3) is 5.09. The molecular weight excluding hydrogens is 488 g/mol. The normalized spacial score (nSPS) is 37.4.